The Morgan fingerprint density at radius 1 is 1.33 bits per heavy atom. The molecule has 0 aromatic heterocycles. The minimum atomic E-state index is 0.383. The van der Waals surface area contributed by atoms with Crippen LogP contribution in [-0.4, -0.2) is 20.2 Å². The van der Waals surface area contributed by atoms with E-state index >= 15 is 0 Å². The number of carbonyl (C=O) groups excluding carboxylic acids is 1. The Labute approximate surface area is 88.8 Å². The van der Waals surface area contributed by atoms with Gasteiger partial charge >= 0.3 is 0 Å². The highest BCUT2D eigenvalue weighted by atomic mass is 16.5. The van der Waals surface area contributed by atoms with Gasteiger partial charge in [-0.2, -0.15) is 0 Å². The standard InChI is InChI=1S/C11H14O4/c1-3-14-11-6-9(7-13-2)4-5-10(11)15-8-12/h4-6,8H,3,7H2,1-2H3. The second-order valence-electron chi connectivity index (χ2n) is 2.86. The van der Waals surface area contributed by atoms with Gasteiger partial charge in [0.2, 0.25) is 0 Å². The topological polar surface area (TPSA) is 44.8 Å². The minimum Gasteiger partial charge on any atom is -0.490 e. The molecule has 0 fully saturated rings. The van der Waals surface area contributed by atoms with Crippen LogP contribution in [0, 0.1) is 0 Å². The van der Waals surface area contributed by atoms with Crippen LogP contribution in [0.5, 0.6) is 11.5 Å². The van der Waals surface area contributed by atoms with E-state index in [9.17, 15) is 4.79 Å². The molecule has 4 nitrogen and oxygen atoms in total. The molecule has 82 valence electrons. The molecule has 15 heavy (non-hydrogen) atoms. The van der Waals surface area contributed by atoms with E-state index in [-0.39, 0.29) is 0 Å². The summed E-state index contributed by atoms with van der Waals surface area (Å²) >= 11 is 0. The van der Waals surface area contributed by atoms with Gasteiger partial charge in [-0.1, -0.05) is 6.07 Å². The predicted molar refractivity (Wildman–Crippen MR) is 55.0 cm³/mol. The first-order valence-electron chi connectivity index (χ1n) is 4.66. The molecule has 0 saturated heterocycles. The smallest absolute Gasteiger partial charge is 0.298 e. The molecule has 0 atom stereocenters. The summed E-state index contributed by atoms with van der Waals surface area (Å²) in [6.07, 6.45) is 0. The molecular formula is C11H14O4. The molecule has 0 aliphatic rings. The lowest BCUT2D eigenvalue weighted by molar-refractivity contribution is -0.120. The minimum absolute atomic E-state index is 0.383. The van der Waals surface area contributed by atoms with Gasteiger partial charge in [0, 0.05) is 7.11 Å². The van der Waals surface area contributed by atoms with E-state index < -0.39 is 0 Å². The third kappa shape index (κ3) is 3.25. The average Bonchev–Trinajstić information content (AvgIpc) is 2.23. The summed E-state index contributed by atoms with van der Waals surface area (Å²) in [5, 5.41) is 0. The van der Waals surface area contributed by atoms with Crippen molar-refractivity contribution >= 4 is 6.47 Å². The van der Waals surface area contributed by atoms with Crippen LogP contribution in [0.25, 0.3) is 0 Å². The van der Waals surface area contributed by atoms with Crippen molar-refractivity contribution in [3.8, 4) is 11.5 Å². The highest BCUT2D eigenvalue weighted by Crippen LogP contribution is 2.28. The van der Waals surface area contributed by atoms with Gasteiger partial charge in [-0.25, -0.2) is 0 Å². The Morgan fingerprint density at radius 3 is 2.73 bits per heavy atom. The molecule has 1 aromatic rings. The summed E-state index contributed by atoms with van der Waals surface area (Å²) in [5.74, 6) is 0.978. The van der Waals surface area contributed by atoms with Crippen molar-refractivity contribution < 1.29 is 19.0 Å². The molecular weight excluding hydrogens is 196 g/mol. The van der Waals surface area contributed by atoms with E-state index in [2.05, 4.69) is 0 Å². The average molecular weight is 210 g/mol. The van der Waals surface area contributed by atoms with Gasteiger partial charge in [-0.3, -0.25) is 4.79 Å². The van der Waals surface area contributed by atoms with Crippen LogP contribution in [0.4, 0.5) is 0 Å². The van der Waals surface area contributed by atoms with Crippen molar-refractivity contribution in [3.05, 3.63) is 23.8 Å². The van der Waals surface area contributed by atoms with Crippen LogP contribution in [0.2, 0.25) is 0 Å². The lowest BCUT2D eigenvalue weighted by atomic mass is 10.2. The summed E-state index contributed by atoms with van der Waals surface area (Å²) in [4.78, 5) is 10.2. The number of rotatable bonds is 6. The van der Waals surface area contributed by atoms with Gasteiger partial charge in [-0.15, -0.1) is 0 Å². The number of carbonyl (C=O) groups is 1. The molecule has 0 saturated carbocycles. The van der Waals surface area contributed by atoms with E-state index in [1.807, 2.05) is 13.0 Å². The Bertz CT molecular complexity index is 322. The fourth-order valence-electron chi connectivity index (χ4n) is 1.23. The van der Waals surface area contributed by atoms with Gasteiger partial charge in [-0.05, 0) is 24.6 Å². The zero-order chi connectivity index (χ0) is 11.1. The molecule has 0 heterocycles. The van der Waals surface area contributed by atoms with E-state index in [1.54, 1.807) is 19.2 Å². The quantitative estimate of drug-likeness (QED) is 0.671. The molecule has 0 bridgehead atoms. The fraction of sp³-hybridized carbons (Fsp3) is 0.364. The normalized spacial score (nSPS) is 9.73. The van der Waals surface area contributed by atoms with Crippen molar-refractivity contribution in [1.82, 2.24) is 0 Å². The first-order chi connectivity index (χ1) is 7.31. The zero-order valence-corrected chi connectivity index (χ0v) is 8.86. The number of hydrogen-bond acceptors (Lipinski definition) is 4. The van der Waals surface area contributed by atoms with Crippen LogP contribution < -0.4 is 9.47 Å². The lowest BCUT2D eigenvalue weighted by Crippen LogP contribution is -1.98. The molecule has 1 rings (SSSR count). The van der Waals surface area contributed by atoms with Gasteiger partial charge in [0.05, 0.1) is 13.2 Å². The largest absolute Gasteiger partial charge is 0.490 e. The van der Waals surface area contributed by atoms with E-state index in [0.29, 0.717) is 31.2 Å². The van der Waals surface area contributed by atoms with Crippen LogP contribution in [0.15, 0.2) is 18.2 Å². The maximum atomic E-state index is 10.2. The number of methoxy groups -OCH3 is 1. The van der Waals surface area contributed by atoms with Gasteiger partial charge < -0.3 is 14.2 Å². The summed E-state index contributed by atoms with van der Waals surface area (Å²) in [7, 11) is 1.62. The van der Waals surface area contributed by atoms with Gasteiger partial charge in [0.1, 0.15) is 0 Å². The molecule has 0 aliphatic carbocycles. The first kappa shape index (κ1) is 11.5. The molecule has 0 radical (unpaired) electrons. The van der Waals surface area contributed by atoms with Crippen molar-refractivity contribution in [2.24, 2.45) is 0 Å². The zero-order valence-electron chi connectivity index (χ0n) is 8.86. The number of hydrogen-bond donors (Lipinski definition) is 0. The molecule has 4 heteroatoms. The van der Waals surface area contributed by atoms with Crippen LogP contribution >= 0.6 is 0 Å². The monoisotopic (exact) mass is 210 g/mol. The molecule has 0 unspecified atom stereocenters. The summed E-state index contributed by atoms with van der Waals surface area (Å²) in [6.45, 7) is 3.27. The lowest BCUT2D eigenvalue weighted by Gasteiger charge is -2.09. The SMILES string of the molecule is CCOc1cc(COC)ccc1OC=O. The molecule has 1 aromatic carbocycles. The third-order valence-corrected chi connectivity index (χ3v) is 1.79. The molecule has 0 spiro atoms. The van der Waals surface area contributed by atoms with Crippen molar-refractivity contribution in [1.29, 1.82) is 0 Å². The van der Waals surface area contributed by atoms with Gasteiger partial charge in [0.15, 0.2) is 11.5 Å². The number of benzene rings is 1. The predicted octanol–water partition coefficient (Wildman–Crippen LogP) is 1.77. The summed E-state index contributed by atoms with van der Waals surface area (Å²) < 4.78 is 15.1. The van der Waals surface area contributed by atoms with Crippen molar-refractivity contribution in [3.63, 3.8) is 0 Å². The summed E-state index contributed by atoms with van der Waals surface area (Å²) in [6, 6.07) is 5.31. The Morgan fingerprint density at radius 2 is 2.13 bits per heavy atom. The van der Waals surface area contributed by atoms with E-state index in [4.69, 9.17) is 14.2 Å². The fourth-order valence-corrected chi connectivity index (χ4v) is 1.23. The highest BCUT2D eigenvalue weighted by Gasteiger charge is 2.05. The third-order valence-electron chi connectivity index (χ3n) is 1.79. The maximum Gasteiger partial charge on any atom is 0.298 e. The van der Waals surface area contributed by atoms with Gasteiger partial charge in [0.25, 0.3) is 6.47 Å². The second-order valence-corrected chi connectivity index (χ2v) is 2.86. The Kier molecular flexibility index (Phi) is 4.63. The van der Waals surface area contributed by atoms with Crippen molar-refractivity contribution in [2.45, 2.75) is 13.5 Å². The molecule has 0 amide bonds. The van der Waals surface area contributed by atoms with E-state index in [1.165, 1.54) is 0 Å². The van der Waals surface area contributed by atoms with Crippen LogP contribution in [0.3, 0.4) is 0 Å². The second kappa shape index (κ2) is 6.03. The summed E-state index contributed by atoms with van der Waals surface area (Å²) in [5.41, 5.74) is 0.971. The van der Waals surface area contributed by atoms with Crippen LogP contribution in [0.1, 0.15) is 12.5 Å². The highest BCUT2D eigenvalue weighted by molar-refractivity contribution is 5.51. The van der Waals surface area contributed by atoms with Crippen LogP contribution in [-0.2, 0) is 16.1 Å². The first-order valence-corrected chi connectivity index (χ1v) is 4.66. The Balaban J connectivity index is 2.91. The van der Waals surface area contributed by atoms with E-state index in [0.717, 1.165) is 5.56 Å². The molecule has 0 N–H and O–H groups in total. The maximum absolute atomic E-state index is 10.2. The number of ether oxygens (including phenoxy) is 3. The molecule has 0 aliphatic heterocycles. The van der Waals surface area contributed by atoms with Crippen molar-refractivity contribution in [2.75, 3.05) is 13.7 Å². The Hall–Kier alpha value is -1.55.